The van der Waals surface area contributed by atoms with Gasteiger partial charge in [0.2, 0.25) is 11.9 Å². The van der Waals surface area contributed by atoms with E-state index >= 15 is 0 Å². The molecular weight excluding hydrogens is 204 g/mol. The minimum atomic E-state index is 0.490. The Labute approximate surface area is 93.0 Å². The molecule has 1 heterocycles. The summed E-state index contributed by atoms with van der Waals surface area (Å²) >= 11 is 0. The third kappa shape index (κ3) is 2.35. The number of aromatic nitrogens is 3. The van der Waals surface area contributed by atoms with E-state index in [0.717, 1.165) is 11.4 Å². The highest BCUT2D eigenvalue weighted by molar-refractivity contribution is 5.57. The maximum Gasteiger partial charge on any atom is 0.231 e. The summed E-state index contributed by atoms with van der Waals surface area (Å²) in [6.45, 7) is 0. The van der Waals surface area contributed by atoms with Crippen LogP contribution in [0.15, 0.2) is 30.6 Å². The highest BCUT2D eigenvalue weighted by Crippen LogP contribution is 2.14. The molecule has 0 aliphatic heterocycles. The molecule has 2 aromatic rings. The second kappa shape index (κ2) is 4.43. The molecule has 0 atom stereocenters. The number of nitrogen functional groups attached to an aromatic ring is 1. The molecule has 6 nitrogen and oxygen atoms in total. The summed E-state index contributed by atoms with van der Waals surface area (Å²) in [6.07, 6.45) is 1.44. The summed E-state index contributed by atoms with van der Waals surface area (Å²) in [6, 6.07) is 7.33. The van der Waals surface area contributed by atoms with Gasteiger partial charge in [0.15, 0.2) is 0 Å². The van der Waals surface area contributed by atoms with E-state index in [4.69, 9.17) is 5.73 Å². The Morgan fingerprint density at radius 2 is 1.75 bits per heavy atom. The Bertz CT molecular complexity index is 467. The summed E-state index contributed by atoms with van der Waals surface area (Å²) in [5, 5.41) is 5.89. The monoisotopic (exact) mass is 216 g/mol. The standard InChI is InChI=1S/C10H12N6/c1-12-9-13-6-14-10(16-9)15-8-4-2-7(11)3-5-8/h2-6H,11H2,1H3,(H2,12,13,14,15,16). The van der Waals surface area contributed by atoms with Crippen LogP contribution >= 0.6 is 0 Å². The molecule has 0 unspecified atom stereocenters. The molecule has 82 valence electrons. The van der Waals surface area contributed by atoms with E-state index in [-0.39, 0.29) is 0 Å². The third-order valence-corrected chi connectivity index (χ3v) is 1.96. The number of rotatable bonds is 3. The van der Waals surface area contributed by atoms with Crippen molar-refractivity contribution < 1.29 is 0 Å². The highest BCUT2D eigenvalue weighted by Gasteiger charge is 1.99. The molecular formula is C10H12N6. The number of anilines is 4. The van der Waals surface area contributed by atoms with E-state index in [1.54, 1.807) is 7.05 Å². The van der Waals surface area contributed by atoms with Gasteiger partial charge in [-0.1, -0.05) is 0 Å². The van der Waals surface area contributed by atoms with Gasteiger partial charge in [-0.25, -0.2) is 9.97 Å². The van der Waals surface area contributed by atoms with Crippen LogP contribution < -0.4 is 16.4 Å². The molecule has 0 aliphatic rings. The number of hydrogen-bond donors (Lipinski definition) is 3. The maximum absolute atomic E-state index is 5.59. The number of nitrogens with two attached hydrogens (primary N) is 1. The lowest BCUT2D eigenvalue weighted by atomic mass is 10.3. The first-order chi connectivity index (χ1) is 7.78. The molecule has 2 rings (SSSR count). The topological polar surface area (TPSA) is 88.8 Å². The van der Waals surface area contributed by atoms with E-state index in [2.05, 4.69) is 25.6 Å². The zero-order valence-electron chi connectivity index (χ0n) is 8.81. The lowest BCUT2D eigenvalue weighted by molar-refractivity contribution is 1.05. The van der Waals surface area contributed by atoms with Crippen molar-refractivity contribution in [3.05, 3.63) is 30.6 Å². The van der Waals surface area contributed by atoms with Crippen LogP contribution in [-0.4, -0.2) is 22.0 Å². The van der Waals surface area contributed by atoms with Crippen molar-refractivity contribution in [3.63, 3.8) is 0 Å². The molecule has 0 radical (unpaired) electrons. The van der Waals surface area contributed by atoms with Crippen molar-refractivity contribution in [2.75, 3.05) is 23.4 Å². The van der Waals surface area contributed by atoms with Gasteiger partial charge < -0.3 is 16.4 Å². The molecule has 0 spiro atoms. The largest absolute Gasteiger partial charge is 0.399 e. The summed E-state index contributed by atoms with van der Waals surface area (Å²) in [4.78, 5) is 12.1. The zero-order valence-corrected chi connectivity index (χ0v) is 8.81. The van der Waals surface area contributed by atoms with Crippen molar-refractivity contribution in [1.29, 1.82) is 0 Å². The van der Waals surface area contributed by atoms with Crippen molar-refractivity contribution >= 4 is 23.3 Å². The molecule has 1 aromatic carbocycles. The van der Waals surface area contributed by atoms with Crippen molar-refractivity contribution in [2.24, 2.45) is 0 Å². The quantitative estimate of drug-likeness (QED) is 0.669. The summed E-state index contributed by atoms with van der Waals surface area (Å²) in [5.41, 5.74) is 7.18. The highest BCUT2D eigenvalue weighted by atomic mass is 15.2. The molecule has 0 bridgehead atoms. The minimum Gasteiger partial charge on any atom is -0.399 e. The lowest BCUT2D eigenvalue weighted by Gasteiger charge is -2.05. The van der Waals surface area contributed by atoms with Crippen LogP contribution in [0.2, 0.25) is 0 Å². The second-order valence-electron chi connectivity index (χ2n) is 3.13. The van der Waals surface area contributed by atoms with Gasteiger partial charge in [-0.2, -0.15) is 4.98 Å². The fourth-order valence-corrected chi connectivity index (χ4v) is 1.17. The summed E-state index contributed by atoms with van der Waals surface area (Å²) < 4.78 is 0. The van der Waals surface area contributed by atoms with Gasteiger partial charge in [-0.15, -0.1) is 0 Å². The van der Waals surface area contributed by atoms with Gasteiger partial charge in [-0.05, 0) is 24.3 Å². The molecule has 4 N–H and O–H groups in total. The van der Waals surface area contributed by atoms with Gasteiger partial charge in [-0.3, -0.25) is 0 Å². The first-order valence-corrected chi connectivity index (χ1v) is 4.77. The van der Waals surface area contributed by atoms with E-state index in [1.165, 1.54) is 6.33 Å². The molecule has 6 heteroatoms. The number of nitrogens with zero attached hydrogens (tertiary/aromatic N) is 3. The van der Waals surface area contributed by atoms with Crippen molar-refractivity contribution in [3.8, 4) is 0 Å². The molecule has 1 aromatic heterocycles. The van der Waals surface area contributed by atoms with Crippen LogP contribution in [0.1, 0.15) is 0 Å². The predicted octanol–water partition coefficient (Wildman–Crippen LogP) is 1.24. The van der Waals surface area contributed by atoms with Gasteiger partial charge in [0.25, 0.3) is 0 Å². The van der Waals surface area contributed by atoms with Crippen LogP contribution in [0.5, 0.6) is 0 Å². The SMILES string of the molecule is CNc1ncnc(Nc2ccc(N)cc2)n1. The lowest BCUT2D eigenvalue weighted by Crippen LogP contribution is -2.02. The van der Waals surface area contributed by atoms with E-state index in [0.29, 0.717) is 11.9 Å². The normalized spacial score (nSPS) is 9.81. The number of hydrogen-bond acceptors (Lipinski definition) is 6. The van der Waals surface area contributed by atoms with Crippen LogP contribution in [-0.2, 0) is 0 Å². The summed E-state index contributed by atoms with van der Waals surface area (Å²) in [5.74, 6) is 1.01. The molecule has 0 saturated carbocycles. The minimum absolute atomic E-state index is 0.490. The Kier molecular flexibility index (Phi) is 2.81. The Hall–Kier alpha value is -2.37. The zero-order chi connectivity index (χ0) is 11.4. The first-order valence-electron chi connectivity index (χ1n) is 4.77. The smallest absolute Gasteiger partial charge is 0.231 e. The molecule has 0 amide bonds. The van der Waals surface area contributed by atoms with Crippen LogP contribution in [0, 0.1) is 0 Å². The predicted molar refractivity (Wildman–Crippen MR) is 63.5 cm³/mol. The fourth-order valence-electron chi connectivity index (χ4n) is 1.17. The van der Waals surface area contributed by atoms with Crippen LogP contribution in [0.4, 0.5) is 23.3 Å². The third-order valence-electron chi connectivity index (χ3n) is 1.96. The fraction of sp³-hybridized carbons (Fsp3) is 0.100. The average molecular weight is 216 g/mol. The molecule has 0 fully saturated rings. The Morgan fingerprint density at radius 3 is 2.44 bits per heavy atom. The van der Waals surface area contributed by atoms with Crippen LogP contribution in [0.3, 0.4) is 0 Å². The Morgan fingerprint density at radius 1 is 1.06 bits per heavy atom. The maximum atomic E-state index is 5.59. The van der Waals surface area contributed by atoms with Gasteiger partial charge >= 0.3 is 0 Å². The first kappa shape index (κ1) is 10.2. The van der Waals surface area contributed by atoms with Gasteiger partial charge in [0.05, 0.1) is 0 Å². The molecule has 0 aliphatic carbocycles. The van der Waals surface area contributed by atoms with Gasteiger partial charge in [0.1, 0.15) is 6.33 Å². The Balaban J connectivity index is 2.16. The van der Waals surface area contributed by atoms with Crippen molar-refractivity contribution in [1.82, 2.24) is 15.0 Å². The molecule has 16 heavy (non-hydrogen) atoms. The number of nitrogens with one attached hydrogen (secondary N) is 2. The molecule has 0 saturated heterocycles. The summed E-state index contributed by atoms with van der Waals surface area (Å²) in [7, 11) is 1.75. The van der Waals surface area contributed by atoms with Crippen molar-refractivity contribution in [2.45, 2.75) is 0 Å². The van der Waals surface area contributed by atoms with Gasteiger partial charge in [0, 0.05) is 18.4 Å². The van der Waals surface area contributed by atoms with Crippen LogP contribution in [0.25, 0.3) is 0 Å². The van der Waals surface area contributed by atoms with E-state index in [1.807, 2.05) is 24.3 Å². The second-order valence-corrected chi connectivity index (χ2v) is 3.13. The number of benzene rings is 1. The van der Waals surface area contributed by atoms with E-state index < -0.39 is 0 Å². The average Bonchev–Trinajstić information content (AvgIpc) is 2.32. The van der Waals surface area contributed by atoms with E-state index in [9.17, 15) is 0 Å².